The number of hydrogen-bond donors (Lipinski definition) is 1. The van der Waals surface area contributed by atoms with E-state index in [0.29, 0.717) is 18.4 Å². The smallest absolute Gasteiger partial charge is 0.336 e. The number of ether oxygens (including phenoxy) is 2. The van der Waals surface area contributed by atoms with Crippen molar-refractivity contribution in [2.24, 2.45) is 5.92 Å². The minimum Gasteiger partial charge on any atom is -0.497 e. The molecular formula is C22H24N4O3. The van der Waals surface area contributed by atoms with Gasteiger partial charge in [0, 0.05) is 17.2 Å². The molecule has 1 aliphatic rings. The third kappa shape index (κ3) is 4.08. The number of hydrogen-bond acceptors (Lipinski definition) is 5. The van der Waals surface area contributed by atoms with E-state index < -0.39 is 0 Å². The van der Waals surface area contributed by atoms with Crippen molar-refractivity contribution >= 4 is 11.6 Å². The second-order valence-corrected chi connectivity index (χ2v) is 6.96. The zero-order valence-corrected chi connectivity index (χ0v) is 16.6. The van der Waals surface area contributed by atoms with Crippen LogP contribution >= 0.6 is 0 Å². The van der Waals surface area contributed by atoms with Gasteiger partial charge >= 0.3 is 6.01 Å². The first kappa shape index (κ1) is 19.0. The zero-order valence-electron chi connectivity index (χ0n) is 16.6. The maximum Gasteiger partial charge on any atom is 0.336 e. The maximum absolute atomic E-state index is 12.3. The van der Waals surface area contributed by atoms with Gasteiger partial charge in [0.05, 0.1) is 19.4 Å². The summed E-state index contributed by atoms with van der Waals surface area (Å²) in [5.41, 5.74) is 2.42. The van der Waals surface area contributed by atoms with Gasteiger partial charge in [-0.2, -0.15) is 4.98 Å². The van der Waals surface area contributed by atoms with Crippen LogP contribution in [0.15, 0.2) is 48.5 Å². The highest BCUT2D eigenvalue weighted by Crippen LogP contribution is 2.29. The molecule has 7 heteroatoms. The van der Waals surface area contributed by atoms with E-state index in [9.17, 15) is 4.79 Å². The Bertz CT molecular complexity index is 994. The number of benzene rings is 2. The van der Waals surface area contributed by atoms with E-state index >= 15 is 0 Å². The molecule has 150 valence electrons. The van der Waals surface area contributed by atoms with Crippen molar-refractivity contribution in [1.29, 1.82) is 0 Å². The number of nitrogens with zero attached hydrogens (tertiary/aromatic N) is 3. The van der Waals surface area contributed by atoms with E-state index in [-0.39, 0.29) is 11.8 Å². The van der Waals surface area contributed by atoms with Gasteiger partial charge in [-0.3, -0.25) is 4.79 Å². The molecule has 1 aromatic heterocycles. The molecule has 1 fully saturated rings. The number of rotatable bonds is 7. The predicted molar refractivity (Wildman–Crippen MR) is 110 cm³/mol. The van der Waals surface area contributed by atoms with Gasteiger partial charge in [-0.25, -0.2) is 4.68 Å². The minimum atomic E-state index is 0.0809. The van der Waals surface area contributed by atoms with Gasteiger partial charge in [-0.05, 0) is 62.2 Å². The van der Waals surface area contributed by atoms with Gasteiger partial charge in [-0.15, -0.1) is 5.10 Å². The van der Waals surface area contributed by atoms with Crippen LogP contribution < -0.4 is 14.8 Å². The molecule has 7 nitrogen and oxygen atoms in total. The Hall–Kier alpha value is -3.35. The molecule has 3 aromatic rings. The molecule has 29 heavy (non-hydrogen) atoms. The van der Waals surface area contributed by atoms with Gasteiger partial charge < -0.3 is 14.8 Å². The van der Waals surface area contributed by atoms with Crippen molar-refractivity contribution in [1.82, 2.24) is 14.8 Å². The van der Waals surface area contributed by atoms with Gasteiger partial charge in [0.25, 0.3) is 0 Å². The van der Waals surface area contributed by atoms with E-state index in [1.807, 2.05) is 55.5 Å². The largest absolute Gasteiger partial charge is 0.497 e. The Morgan fingerprint density at radius 2 is 2.00 bits per heavy atom. The fourth-order valence-corrected chi connectivity index (χ4v) is 3.22. The van der Waals surface area contributed by atoms with Crippen LogP contribution in [0.25, 0.3) is 17.1 Å². The number of carbonyl (C=O) groups is 1. The highest BCUT2D eigenvalue weighted by molar-refractivity contribution is 5.93. The van der Waals surface area contributed by atoms with Crippen LogP contribution in [0.5, 0.6) is 11.8 Å². The van der Waals surface area contributed by atoms with Gasteiger partial charge in [-0.1, -0.05) is 12.5 Å². The van der Waals surface area contributed by atoms with Crippen molar-refractivity contribution in [2.45, 2.75) is 26.2 Å². The van der Waals surface area contributed by atoms with Crippen molar-refractivity contribution in [3.8, 4) is 28.8 Å². The number of aromatic nitrogens is 3. The Morgan fingerprint density at radius 1 is 1.21 bits per heavy atom. The van der Waals surface area contributed by atoms with Gasteiger partial charge in [0.15, 0.2) is 5.82 Å². The van der Waals surface area contributed by atoms with E-state index in [1.165, 1.54) is 0 Å². The minimum absolute atomic E-state index is 0.0809. The zero-order chi connectivity index (χ0) is 20.2. The lowest BCUT2D eigenvalue weighted by Crippen LogP contribution is -2.28. The third-order valence-corrected chi connectivity index (χ3v) is 5.04. The van der Waals surface area contributed by atoms with Crippen LogP contribution in [0.4, 0.5) is 5.69 Å². The molecule has 1 aliphatic carbocycles. The lowest BCUT2D eigenvalue weighted by atomic mass is 9.85. The van der Waals surface area contributed by atoms with Gasteiger partial charge in [0.1, 0.15) is 5.75 Å². The second-order valence-electron chi connectivity index (χ2n) is 6.96. The quantitative estimate of drug-likeness (QED) is 0.655. The van der Waals surface area contributed by atoms with Crippen molar-refractivity contribution < 1.29 is 14.3 Å². The second kappa shape index (κ2) is 8.34. The highest BCUT2D eigenvalue weighted by Gasteiger charge is 2.25. The normalized spacial score (nSPS) is 13.6. The standard InChI is InChI=1S/C22H24N4O3/c1-3-29-22-24-20(15-10-12-19(28-2)13-11-15)26(25-22)18-9-5-8-17(14-18)23-21(27)16-6-4-7-16/h5,8-14,16H,3-4,6-7H2,1-2H3,(H,23,27). The summed E-state index contributed by atoms with van der Waals surface area (Å²) in [5, 5.41) is 7.52. The average molecular weight is 392 g/mol. The molecule has 0 radical (unpaired) electrons. The van der Waals surface area contributed by atoms with Crippen LogP contribution in [0, 0.1) is 5.92 Å². The topological polar surface area (TPSA) is 78.3 Å². The summed E-state index contributed by atoms with van der Waals surface area (Å²) in [4.78, 5) is 16.8. The van der Waals surface area contributed by atoms with E-state index in [0.717, 1.165) is 42.0 Å². The molecule has 0 aliphatic heterocycles. The maximum atomic E-state index is 12.3. The number of carbonyl (C=O) groups excluding carboxylic acids is 1. The molecule has 1 heterocycles. The first-order valence-electron chi connectivity index (χ1n) is 9.83. The number of methoxy groups -OCH3 is 1. The fraction of sp³-hybridized carbons (Fsp3) is 0.318. The first-order chi connectivity index (χ1) is 14.2. The number of amides is 1. The molecule has 1 saturated carbocycles. The molecule has 0 bridgehead atoms. The Morgan fingerprint density at radius 3 is 2.66 bits per heavy atom. The molecule has 0 atom stereocenters. The van der Waals surface area contributed by atoms with Crippen LogP contribution in [-0.2, 0) is 4.79 Å². The summed E-state index contributed by atoms with van der Waals surface area (Å²) in [7, 11) is 1.63. The van der Waals surface area contributed by atoms with Crippen molar-refractivity contribution in [3.63, 3.8) is 0 Å². The SMILES string of the molecule is CCOc1nc(-c2ccc(OC)cc2)n(-c2cccc(NC(=O)C3CCC3)c2)n1. The summed E-state index contributed by atoms with van der Waals surface area (Å²) in [6, 6.07) is 15.5. The lowest BCUT2D eigenvalue weighted by Gasteiger charge is -2.24. The molecule has 0 unspecified atom stereocenters. The van der Waals surface area contributed by atoms with Crippen LogP contribution in [0.3, 0.4) is 0 Å². The van der Waals surface area contributed by atoms with E-state index in [2.05, 4.69) is 15.4 Å². The van der Waals surface area contributed by atoms with Crippen molar-refractivity contribution in [3.05, 3.63) is 48.5 Å². The third-order valence-electron chi connectivity index (χ3n) is 5.04. The summed E-state index contributed by atoms with van der Waals surface area (Å²) >= 11 is 0. The molecule has 1 N–H and O–H groups in total. The lowest BCUT2D eigenvalue weighted by molar-refractivity contribution is -0.122. The first-order valence-corrected chi connectivity index (χ1v) is 9.83. The molecule has 0 saturated heterocycles. The van der Waals surface area contributed by atoms with Crippen LogP contribution in [-0.4, -0.2) is 34.4 Å². The summed E-state index contributed by atoms with van der Waals surface area (Å²) in [6.45, 7) is 2.37. The Kier molecular flexibility index (Phi) is 5.46. The number of anilines is 1. The monoisotopic (exact) mass is 392 g/mol. The molecule has 0 spiro atoms. The predicted octanol–water partition coefficient (Wildman–Crippen LogP) is 4.08. The van der Waals surface area contributed by atoms with Crippen molar-refractivity contribution in [2.75, 3.05) is 19.0 Å². The number of nitrogens with one attached hydrogen (secondary N) is 1. The molecule has 1 amide bonds. The summed E-state index contributed by atoms with van der Waals surface area (Å²) in [6.07, 6.45) is 3.06. The Balaban J connectivity index is 1.67. The van der Waals surface area contributed by atoms with E-state index in [4.69, 9.17) is 9.47 Å². The Labute approximate surface area is 169 Å². The van der Waals surface area contributed by atoms with E-state index in [1.54, 1.807) is 11.8 Å². The summed E-state index contributed by atoms with van der Waals surface area (Å²) < 4.78 is 12.5. The van der Waals surface area contributed by atoms with Gasteiger partial charge in [0.2, 0.25) is 5.91 Å². The fourth-order valence-electron chi connectivity index (χ4n) is 3.22. The average Bonchev–Trinajstić information content (AvgIpc) is 3.11. The highest BCUT2D eigenvalue weighted by atomic mass is 16.5. The molecular weight excluding hydrogens is 368 g/mol. The van der Waals surface area contributed by atoms with Crippen LogP contribution in [0.1, 0.15) is 26.2 Å². The molecule has 2 aromatic carbocycles. The van der Waals surface area contributed by atoms with Crippen LogP contribution in [0.2, 0.25) is 0 Å². The molecule has 4 rings (SSSR count). The summed E-state index contributed by atoms with van der Waals surface area (Å²) in [5.74, 6) is 1.63.